The third-order valence-electron chi connectivity index (χ3n) is 8.64. The maximum Gasteiger partial charge on any atom is 0.271 e. The molecule has 2 saturated heterocycles. The summed E-state index contributed by atoms with van der Waals surface area (Å²) in [5.74, 6) is -0.289. The third-order valence-corrected chi connectivity index (χ3v) is 8.64. The lowest BCUT2D eigenvalue weighted by molar-refractivity contribution is -0.126. The van der Waals surface area contributed by atoms with E-state index in [0.717, 1.165) is 36.6 Å². The van der Waals surface area contributed by atoms with Crippen molar-refractivity contribution in [3.8, 4) is 11.8 Å². The molecule has 1 aliphatic carbocycles. The molecule has 0 radical (unpaired) electrons. The van der Waals surface area contributed by atoms with Gasteiger partial charge in [0.05, 0.1) is 13.2 Å². The van der Waals surface area contributed by atoms with Crippen LogP contribution in [0, 0.1) is 22.7 Å². The van der Waals surface area contributed by atoms with Crippen molar-refractivity contribution in [2.45, 2.75) is 82.8 Å². The quantitative estimate of drug-likeness (QED) is 0.537. The van der Waals surface area contributed by atoms with Gasteiger partial charge in [0.2, 0.25) is 11.8 Å². The molecule has 0 bridgehead atoms. The average Bonchev–Trinajstić information content (AvgIpc) is 3.56. The Morgan fingerprint density at radius 2 is 2.00 bits per heavy atom. The van der Waals surface area contributed by atoms with Crippen LogP contribution in [-0.4, -0.2) is 58.9 Å². The highest BCUT2D eigenvalue weighted by Gasteiger charge is 2.49. The molecule has 3 heterocycles. The lowest BCUT2D eigenvalue weighted by atomic mass is 9.72. The van der Waals surface area contributed by atoms with Gasteiger partial charge in [-0.25, -0.2) is 0 Å². The van der Waals surface area contributed by atoms with E-state index in [4.69, 9.17) is 4.74 Å². The summed E-state index contributed by atoms with van der Waals surface area (Å²) in [6, 6.07) is 8.10. The smallest absolute Gasteiger partial charge is 0.271 e. The van der Waals surface area contributed by atoms with E-state index in [1.165, 1.54) is 6.42 Å². The molecule has 3 atom stereocenters. The largest absolute Gasteiger partial charge is 0.496 e. The number of nitriles is 1. The number of aromatic nitrogens is 1. The minimum absolute atomic E-state index is 0.0856. The van der Waals surface area contributed by atoms with Crippen molar-refractivity contribution in [3.63, 3.8) is 0 Å². The molecule has 9 heteroatoms. The van der Waals surface area contributed by atoms with Gasteiger partial charge in [-0.3, -0.25) is 14.4 Å². The van der Waals surface area contributed by atoms with Gasteiger partial charge < -0.3 is 25.3 Å². The third kappa shape index (κ3) is 4.96. The van der Waals surface area contributed by atoms with Crippen molar-refractivity contribution in [3.05, 3.63) is 30.0 Å². The molecule has 5 rings (SSSR count). The fraction of sp³-hybridized carbons (Fsp3) is 0.586. The molecule has 3 amide bonds. The number of carbonyl (C=O) groups is 3. The number of ether oxygens (including phenoxy) is 1. The molecule has 3 fully saturated rings. The fourth-order valence-electron chi connectivity index (χ4n) is 6.83. The Balaban J connectivity index is 1.37. The van der Waals surface area contributed by atoms with Crippen molar-refractivity contribution in [1.82, 2.24) is 20.5 Å². The Bertz CT molecular complexity index is 1290. The maximum atomic E-state index is 13.9. The van der Waals surface area contributed by atoms with E-state index in [0.29, 0.717) is 30.8 Å². The van der Waals surface area contributed by atoms with Gasteiger partial charge in [0.1, 0.15) is 23.5 Å². The Hall–Kier alpha value is -3.54. The maximum absolute atomic E-state index is 13.9. The lowest BCUT2D eigenvalue weighted by Crippen LogP contribution is -2.49. The van der Waals surface area contributed by atoms with Crippen LogP contribution in [0.15, 0.2) is 24.3 Å². The summed E-state index contributed by atoms with van der Waals surface area (Å²) >= 11 is 0. The second-order valence-corrected chi connectivity index (χ2v) is 12.0. The minimum Gasteiger partial charge on any atom is -0.496 e. The molecule has 38 heavy (non-hydrogen) atoms. The molecule has 2 aromatic rings. The van der Waals surface area contributed by atoms with Crippen LogP contribution in [-0.2, 0) is 9.59 Å². The monoisotopic (exact) mass is 519 g/mol. The van der Waals surface area contributed by atoms with Crippen molar-refractivity contribution >= 4 is 28.6 Å². The number of carbonyl (C=O) groups excluding carboxylic acids is 3. The molecule has 3 N–H and O–H groups in total. The van der Waals surface area contributed by atoms with Crippen LogP contribution in [0.2, 0.25) is 0 Å². The number of nitrogens with one attached hydrogen (secondary N) is 3. The molecule has 1 spiro atoms. The Labute approximate surface area is 223 Å². The lowest BCUT2D eigenvalue weighted by Gasteiger charge is -2.32. The Morgan fingerprint density at radius 1 is 1.24 bits per heavy atom. The SMILES string of the molecule is COc1cccc2[nH]c(C(=O)N3CC4(CCCCC4)C[C@H]3C(=O)NC(C#N)C[C@@H]3CC(C)(C)NC3=O)cc12. The van der Waals surface area contributed by atoms with E-state index in [9.17, 15) is 19.6 Å². The highest BCUT2D eigenvalue weighted by molar-refractivity contribution is 6.02. The number of benzene rings is 1. The van der Waals surface area contributed by atoms with Crippen molar-refractivity contribution in [1.29, 1.82) is 5.26 Å². The number of hydrogen-bond acceptors (Lipinski definition) is 5. The van der Waals surface area contributed by atoms with Gasteiger partial charge in [0.25, 0.3) is 5.91 Å². The molecule has 1 aromatic heterocycles. The molecule has 1 aromatic carbocycles. The summed E-state index contributed by atoms with van der Waals surface area (Å²) in [6.45, 7) is 4.43. The molecule has 1 saturated carbocycles. The first-order chi connectivity index (χ1) is 18.1. The number of methoxy groups -OCH3 is 1. The summed E-state index contributed by atoms with van der Waals surface area (Å²) in [5.41, 5.74) is 0.798. The summed E-state index contributed by atoms with van der Waals surface area (Å²) in [6.07, 6.45) is 6.78. The second-order valence-electron chi connectivity index (χ2n) is 12.0. The van der Waals surface area contributed by atoms with Crippen LogP contribution in [0.4, 0.5) is 0 Å². The predicted octanol–water partition coefficient (Wildman–Crippen LogP) is 3.65. The number of rotatable bonds is 6. The highest BCUT2D eigenvalue weighted by atomic mass is 16.5. The van der Waals surface area contributed by atoms with Crippen LogP contribution < -0.4 is 15.4 Å². The van der Waals surface area contributed by atoms with Crippen molar-refractivity contribution < 1.29 is 19.1 Å². The highest BCUT2D eigenvalue weighted by Crippen LogP contribution is 2.47. The van der Waals surface area contributed by atoms with Crippen molar-refractivity contribution in [2.75, 3.05) is 13.7 Å². The van der Waals surface area contributed by atoms with Crippen LogP contribution in [0.3, 0.4) is 0 Å². The van der Waals surface area contributed by atoms with Gasteiger partial charge in [-0.2, -0.15) is 5.26 Å². The van der Waals surface area contributed by atoms with Gasteiger partial charge in [-0.1, -0.05) is 25.3 Å². The predicted molar refractivity (Wildman–Crippen MR) is 142 cm³/mol. The van der Waals surface area contributed by atoms with E-state index in [1.54, 1.807) is 18.1 Å². The number of amides is 3. The molecule has 3 aliphatic rings. The summed E-state index contributed by atoms with van der Waals surface area (Å²) in [4.78, 5) is 44.8. The zero-order valence-corrected chi connectivity index (χ0v) is 22.4. The number of hydrogen-bond donors (Lipinski definition) is 3. The van der Waals surface area contributed by atoms with E-state index >= 15 is 0 Å². The van der Waals surface area contributed by atoms with E-state index < -0.39 is 12.1 Å². The first kappa shape index (κ1) is 26.1. The van der Waals surface area contributed by atoms with Gasteiger partial charge in [0, 0.05) is 28.9 Å². The number of aromatic amines is 1. The van der Waals surface area contributed by atoms with Crippen LogP contribution >= 0.6 is 0 Å². The van der Waals surface area contributed by atoms with Gasteiger partial charge in [-0.05, 0) is 69.6 Å². The number of H-pyrrole nitrogens is 1. The molecule has 202 valence electrons. The van der Waals surface area contributed by atoms with E-state index in [2.05, 4.69) is 21.7 Å². The first-order valence-corrected chi connectivity index (χ1v) is 13.6. The van der Waals surface area contributed by atoms with Crippen LogP contribution in [0.5, 0.6) is 5.75 Å². The standard InChI is InChI=1S/C29H37N5O4/c1-28(2)14-18(25(35)33-28)12-19(16-30)31-26(36)23-15-29(10-5-4-6-11-29)17-34(23)27(37)22-13-20-21(32-22)8-7-9-24(20)38-3/h7-9,13,18-19,23,32H,4-6,10-12,14-15,17H2,1-3H3,(H,31,36)(H,33,35)/t18-,19?,23+/m1/s1. The van der Waals surface area contributed by atoms with Gasteiger partial charge in [0.15, 0.2) is 0 Å². The van der Waals surface area contributed by atoms with Crippen LogP contribution in [0.1, 0.15) is 75.7 Å². The Morgan fingerprint density at radius 3 is 2.66 bits per heavy atom. The number of nitrogens with zero attached hydrogens (tertiary/aromatic N) is 2. The zero-order chi connectivity index (χ0) is 27.1. The average molecular weight is 520 g/mol. The molecule has 9 nitrogen and oxygen atoms in total. The molecular weight excluding hydrogens is 482 g/mol. The van der Waals surface area contributed by atoms with Crippen LogP contribution in [0.25, 0.3) is 10.9 Å². The first-order valence-electron chi connectivity index (χ1n) is 13.6. The topological polar surface area (TPSA) is 127 Å². The van der Waals surface area contributed by atoms with Gasteiger partial charge >= 0.3 is 0 Å². The molecular formula is C29H37N5O4. The molecule has 1 unspecified atom stereocenters. The number of likely N-dealkylation sites (tertiary alicyclic amines) is 1. The normalized spacial score (nSPS) is 24.7. The zero-order valence-electron chi connectivity index (χ0n) is 22.4. The van der Waals surface area contributed by atoms with Crippen molar-refractivity contribution in [2.24, 2.45) is 11.3 Å². The van der Waals surface area contributed by atoms with Gasteiger partial charge in [-0.15, -0.1) is 0 Å². The minimum atomic E-state index is -0.802. The fourth-order valence-corrected chi connectivity index (χ4v) is 6.83. The number of fused-ring (bicyclic) bond motifs is 1. The summed E-state index contributed by atoms with van der Waals surface area (Å²) in [7, 11) is 1.60. The van der Waals surface area contributed by atoms with E-state index in [1.807, 2.05) is 32.0 Å². The Kier molecular flexibility index (Phi) is 6.84. The van der Waals surface area contributed by atoms with E-state index in [-0.39, 0.29) is 41.0 Å². The summed E-state index contributed by atoms with van der Waals surface area (Å²) in [5, 5.41) is 16.5. The molecule has 2 aliphatic heterocycles. The second kappa shape index (κ2) is 9.97. The summed E-state index contributed by atoms with van der Waals surface area (Å²) < 4.78 is 5.46.